The molecule has 5 heterocycles. The third-order valence-electron chi connectivity index (χ3n) is 9.92. The van der Waals surface area contributed by atoms with Crippen molar-refractivity contribution >= 4 is 72.7 Å². The van der Waals surface area contributed by atoms with Gasteiger partial charge in [-0.1, -0.05) is 24.3 Å². The molecule has 16 nitrogen and oxygen atoms in total. The zero-order chi connectivity index (χ0) is 45.5. The highest BCUT2D eigenvalue weighted by atomic mass is 32.1. The number of H-pyrrole nitrogens is 1. The molecule has 0 bridgehead atoms. The number of nitrogens with one attached hydrogen (secondary N) is 2. The third-order valence-corrected chi connectivity index (χ3v) is 12.1. The van der Waals surface area contributed by atoms with Crippen molar-refractivity contribution in [3.63, 3.8) is 0 Å². The van der Waals surface area contributed by atoms with E-state index in [0.29, 0.717) is 54.9 Å². The minimum absolute atomic E-state index is 0.0493. The standard InChI is InChI=1S/C21H24N4O4S.C12H11NO2S.C11H21N3O2/c1-21(2,3)29-20(28)25-10-8-12(9-11-25)16-23-17(26)15(18(27)24-16)19-22-13-6-4-5-7-14(13)30-19;1-7(14)11(8(2)15)12-13-9-5-3-4-6-10(9)16-12;1-11(2,3)16-10(15)14-6-4-8(5-7-14)9(12)13/h4-7,12H,8-11H2,1-3H3,(H2,23,24,26,27);3-6,11H,1-2H3;8H,4-7H2,1-3H3,(H3,12,13). The molecule has 2 amide bonds. The molecule has 2 saturated heterocycles. The number of nitrogens with two attached hydrogens (primary N) is 1. The molecule has 0 atom stereocenters. The van der Waals surface area contributed by atoms with Crippen molar-refractivity contribution in [2.45, 2.75) is 104 Å². The van der Waals surface area contributed by atoms with Crippen molar-refractivity contribution in [1.29, 1.82) is 5.41 Å². The Labute approximate surface area is 368 Å². The van der Waals surface area contributed by atoms with Crippen LogP contribution in [0.25, 0.3) is 31.0 Å². The van der Waals surface area contributed by atoms with Crippen LogP contribution in [0.1, 0.15) is 104 Å². The van der Waals surface area contributed by atoms with E-state index in [0.717, 1.165) is 33.3 Å². The van der Waals surface area contributed by atoms with E-state index in [1.165, 1.54) is 36.5 Å². The molecule has 2 aromatic carbocycles. The normalized spacial score (nSPS) is 15.0. The lowest BCUT2D eigenvalue weighted by Gasteiger charge is -2.33. The summed E-state index contributed by atoms with van der Waals surface area (Å²) in [6.45, 7) is 16.2. The smallest absolute Gasteiger partial charge is 0.410 e. The van der Waals surface area contributed by atoms with E-state index in [-0.39, 0.29) is 52.9 Å². The van der Waals surface area contributed by atoms with Crippen LogP contribution in [0.5, 0.6) is 5.88 Å². The molecule has 0 radical (unpaired) electrons. The first-order chi connectivity index (χ1) is 29.1. The Hall–Kier alpha value is -5.75. The summed E-state index contributed by atoms with van der Waals surface area (Å²) in [7, 11) is 0. The summed E-state index contributed by atoms with van der Waals surface area (Å²) in [5.74, 6) is -0.571. The van der Waals surface area contributed by atoms with Crippen LogP contribution in [-0.2, 0) is 19.1 Å². The number of amidine groups is 1. The van der Waals surface area contributed by atoms with Gasteiger partial charge in [-0.3, -0.25) is 19.8 Å². The average molecular weight is 889 g/mol. The zero-order valence-corrected chi connectivity index (χ0v) is 38.1. The van der Waals surface area contributed by atoms with Crippen LogP contribution in [0, 0.1) is 11.3 Å². The number of aromatic nitrogens is 4. The molecular formula is C44H56N8O8S2. The largest absolute Gasteiger partial charge is 0.493 e. The van der Waals surface area contributed by atoms with Gasteiger partial charge in [0.25, 0.3) is 5.56 Å². The number of hydrogen-bond donors (Lipinski definition) is 4. The number of para-hydroxylation sites is 2. The fourth-order valence-electron chi connectivity index (χ4n) is 6.85. The Morgan fingerprint density at radius 3 is 1.68 bits per heavy atom. The van der Waals surface area contributed by atoms with Gasteiger partial charge < -0.3 is 35.1 Å². The molecule has 2 aliphatic rings. The van der Waals surface area contributed by atoms with Crippen LogP contribution in [0.4, 0.5) is 9.59 Å². The highest BCUT2D eigenvalue weighted by Gasteiger charge is 2.31. The van der Waals surface area contributed by atoms with Crippen LogP contribution in [0.3, 0.4) is 0 Å². The number of Topliss-reactive ketones (excluding diaryl/α,β-unsaturated/α-hetero) is 2. The monoisotopic (exact) mass is 888 g/mol. The highest BCUT2D eigenvalue weighted by molar-refractivity contribution is 7.21. The minimum atomic E-state index is -0.697. The maximum absolute atomic E-state index is 12.7. The average Bonchev–Trinajstić information content (AvgIpc) is 3.81. The molecule has 332 valence electrons. The van der Waals surface area contributed by atoms with Crippen molar-refractivity contribution in [3.05, 3.63) is 69.7 Å². The SMILES string of the molecule is CC(=O)C(C(C)=O)c1nc2ccccc2s1.CC(C)(C)OC(=O)N1CCC(C(=N)N)CC1.CC(C)(C)OC(=O)N1CCC(c2nc(O)c(-c3nc4ccccc4s3)c(=O)[nH]2)CC1. The Morgan fingerprint density at radius 2 is 1.24 bits per heavy atom. The maximum Gasteiger partial charge on any atom is 0.410 e. The number of likely N-dealkylation sites (tertiary alicyclic amines) is 2. The first-order valence-electron chi connectivity index (χ1n) is 20.5. The number of piperidine rings is 2. The van der Waals surface area contributed by atoms with Crippen molar-refractivity contribution in [2.75, 3.05) is 26.2 Å². The number of fused-ring (bicyclic) bond motifs is 2. The molecule has 2 fully saturated rings. The van der Waals surface area contributed by atoms with Gasteiger partial charge in [0.05, 0.1) is 26.3 Å². The van der Waals surface area contributed by atoms with Gasteiger partial charge in [-0.25, -0.2) is 19.6 Å². The topological polar surface area (TPSA) is 235 Å². The van der Waals surface area contributed by atoms with E-state index in [1.54, 1.807) is 9.80 Å². The number of ether oxygens (including phenoxy) is 2. The van der Waals surface area contributed by atoms with Crippen LogP contribution in [-0.4, -0.2) is 102 Å². The first kappa shape index (κ1) is 47.3. The summed E-state index contributed by atoms with van der Waals surface area (Å²) >= 11 is 2.75. The molecule has 0 unspecified atom stereocenters. The number of aromatic amines is 1. The number of nitrogens with zero attached hydrogens (tertiary/aromatic N) is 5. The predicted molar refractivity (Wildman–Crippen MR) is 241 cm³/mol. The molecule has 0 spiro atoms. The van der Waals surface area contributed by atoms with E-state index in [2.05, 4.69) is 19.9 Å². The summed E-state index contributed by atoms with van der Waals surface area (Å²) in [5, 5.41) is 18.9. The summed E-state index contributed by atoms with van der Waals surface area (Å²) < 4.78 is 12.6. The van der Waals surface area contributed by atoms with E-state index in [1.807, 2.05) is 90.1 Å². The molecule has 3 aromatic heterocycles. The van der Waals surface area contributed by atoms with E-state index in [4.69, 9.17) is 20.6 Å². The minimum Gasteiger partial charge on any atom is -0.493 e. The number of hydrogen-bond acceptors (Lipinski definition) is 14. The van der Waals surface area contributed by atoms with E-state index < -0.39 is 22.7 Å². The molecular weight excluding hydrogens is 833 g/mol. The van der Waals surface area contributed by atoms with Gasteiger partial charge >= 0.3 is 12.2 Å². The second kappa shape index (κ2) is 20.0. The lowest BCUT2D eigenvalue weighted by atomic mass is 9.96. The Balaban J connectivity index is 0.000000192. The second-order valence-corrected chi connectivity index (χ2v) is 19.3. The van der Waals surface area contributed by atoms with Crippen molar-refractivity contribution in [2.24, 2.45) is 11.7 Å². The van der Waals surface area contributed by atoms with E-state index in [9.17, 15) is 29.1 Å². The molecule has 0 saturated carbocycles. The number of carbonyl (C=O) groups is 4. The zero-order valence-electron chi connectivity index (χ0n) is 36.4. The number of carbonyl (C=O) groups excluding carboxylic acids is 4. The number of thiazole rings is 2. The Bertz CT molecular complexity index is 2390. The number of ketones is 2. The van der Waals surface area contributed by atoms with Gasteiger partial charge in [-0.05, 0) is 105 Å². The summed E-state index contributed by atoms with van der Waals surface area (Å²) in [5.41, 5.74) is 5.74. The fourth-order valence-corrected chi connectivity index (χ4v) is 9.04. The first-order valence-corrected chi connectivity index (χ1v) is 22.1. The van der Waals surface area contributed by atoms with Crippen LogP contribution >= 0.6 is 22.7 Å². The molecule has 5 aromatic rings. The number of amides is 2. The van der Waals surface area contributed by atoms with Gasteiger partial charge in [0.2, 0.25) is 5.88 Å². The quantitative estimate of drug-likeness (QED) is 0.0721. The Kier molecular flexibility index (Phi) is 15.2. The summed E-state index contributed by atoms with van der Waals surface area (Å²) in [6.07, 6.45) is 2.17. The molecule has 5 N–H and O–H groups in total. The second-order valence-electron chi connectivity index (χ2n) is 17.2. The third kappa shape index (κ3) is 12.7. The molecule has 2 aliphatic heterocycles. The molecule has 18 heteroatoms. The van der Waals surface area contributed by atoms with Gasteiger partial charge in [-0.2, -0.15) is 4.98 Å². The van der Waals surface area contributed by atoms with Gasteiger partial charge in [0.15, 0.2) is 0 Å². The van der Waals surface area contributed by atoms with E-state index >= 15 is 0 Å². The van der Waals surface area contributed by atoms with Crippen LogP contribution in [0.15, 0.2) is 53.3 Å². The number of rotatable bonds is 6. The van der Waals surface area contributed by atoms with Gasteiger partial charge in [-0.15, -0.1) is 22.7 Å². The van der Waals surface area contributed by atoms with Gasteiger partial charge in [0, 0.05) is 38.0 Å². The number of benzene rings is 2. The highest BCUT2D eigenvalue weighted by Crippen LogP contribution is 2.34. The van der Waals surface area contributed by atoms with Gasteiger partial charge in [0.1, 0.15) is 50.1 Å². The van der Waals surface area contributed by atoms with Crippen LogP contribution < -0.4 is 11.3 Å². The maximum atomic E-state index is 12.7. The van der Waals surface area contributed by atoms with Crippen molar-refractivity contribution in [1.82, 2.24) is 29.7 Å². The molecule has 7 rings (SSSR count). The lowest BCUT2D eigenvalue weighted by Crippen LogP contribution is -2.43. The summed E-state index contributed by atoms with van der Waals surface area (Å²) in [6, 6.07) is 15.2. The number of aromatic hydroxyl groups is 1. The Morgan fingerprint density at radius 1 is 0.774 bits per heavy atom. The van der Waals surface area contributed by atoms with Crippen molar-refractivity contribution in [3.8, 4) is 16.5 Å². The lowest BCUT2D eigenvalue weighted by molar-refractivity contribution is -0.126. The predicted octanol–water partition coefficient (Wildman–Crippen LogP) is 7.99. The fraction of sp³-hybridized carbons (Fsp3) is 0.477. The molecule has 0 aliphatic carbocycles. The molecule has 62 heavy (non-hydrogen) atoms. The summed E-state index contributed by atoms with van der Waals surface area (Å²) in [4.78, 5) is 78.7. The van der Waals surface area contributed by atoms with Crippen LogP contribution in [0.2, 0.25) is 0 Å². The van der Waals surface area contributed by atoms with Crippen molar-refractivity contribution < 1.29 is 33.8 Å².